The van der Waals surface area contributed by atoms with Crippen molar-refractivity contribution in [2.24, 2.45) is 7.05 Å². The zero-order chi connectivity index (χ0) is 16.6. The van der Waals surface area contributed by atoms with E-state index in [-0.39, 0.29) is 29.7 Å². The van der Waals surface area contributed by atoms with E-state index < -0.39 is 15.9 Å². The van der Waals surface area contributed by atoms with Crippen molar-refractivity contribution < 1.29 is 17.6 Å². The molecule has 1 fully saturated rings. The maximum absolute atomic E-state index is 12.7. The Labute approximate surface area is 134 Å². The molecule has 7 nitrogen and oxygen atoms in total. The number of sulfone groups is 1. The molecule has 2 aromatic heterocycles. The van der Waals surface area contributed by atoms with Crippen LogP contribution in [0.4, 0.5) is 0 Å². The van der Waals surface area contributed by atoms with E-state index in [2.05, 4.69) is 5.10 Å². The van der Waals surface area contributed by atoms with Crippen molar-refractivity contribution in [1.29, 1.82) is 0 Å². The first-order valence-electron chi connectivity index (χ1n) is 7.48. The van der Waals surface area contributed by atoms with Gasteiger partial charge in [-0.05, 0) is 12.1 Å². The lowest BCUT2D eigenvalue weighted by Crippen LogP contribution is -2.46. The van der Waals surface area contributed by atoms with Gasteiger partial charge in [0.05, 0.1) is 23.7 Å². The molecule has 1 saturated heterocycles. The van der Waals surface area contributed by atoms with Gasteiger partial charge in [-0.25, -0.2) is 8.42 Å². The zero-order valence-electron chi connectivity index (χ0n) is 13.1. The van der Waals surface area contributed by atoms with Gasteiger partial charge in [-0.15, -0.1) is 0 Å². The van der Waals surface area contributed by atoms with Gasteiger partial charge in [0.15, 0.2) is 15.6 Å². The van der Waals surface area contributed by atoms with E-state index in [4.69, 9.17) is 4.42 Å². The monoisotopic (exact) mass is 337 g/mol. The fourth-order valence-corrected chi connectivity index (χ4v) is 4.26. The molecule has 0 bridgehead atoms. The lowest BCUT2D eigenvalue weighted by Gasteiger charge is -2.34. The highest BCUT2D eigenvalue weighted by Gasteiger charge is 2.37. The smallest absolute Gasteiger partial charge is 0.290 e. The van der Waals surface area contributed by atoms with Crippen LogP contribution in [0.25, 0.3) is 0 Å². The van der Waals surface area contributed by atoms with Crippen molar-refractivity contribution in [2.75, 3.05) is 18.1 Å². The van der Waals surface area contributed by atoms with Gasteiger partial charge in [-0.1, -0.05) is 6.92 Å². The fourth-order valence-electron chi connectivity index (χ4n) is 2.76. The molecule has 1 atom stereocenters. The van der Waals surface area contributed by atoms with Crippen LogP contribution in [-0.4, -0.2) is 47.1 Å². The third-order valence-corrected chi connectivity index (χ3v) is 5.65. The van der Waals surface area contributed by atoms with Gasteiger partial charge in [-0.3, -0.25) is 9.48 Å². The number of hydrogen-bond acceptors (Lipinski definition) is 5. The SMILES string of the molecule is CCc1ccc(C(=O)N2CCS(=O)(=O)C[C@H]2c2cnn(C)c2)o1. The summed E-state index contributed by atoms with van der Waals surface area (Å²) < 4.78 is 31.1. The highest BCUT2D eigenvalue weighted by Crippen LogP contribution is 2.28. The first-order valence-corrected chi connectivity index (χ1v) is 9.30. The van der Waals surface area contributed by atoms with Crippen molar-refractivity contribution in [1.82, 2.24) is 14.7 Å². The summed E-state index contributed by atoms with van der Waals surface area (Å²) in [5, 5.41) is 4.08. The molecule has 124 valence electrons. The average Bonchev–Trinajstić information content (AvgIpc) is 3.14. The number of amides is 1. The lowest BCUT2D eigenvalue weighted by molar-refractivity contribution is 0.0663. The van der Waals surface area contributed by atoms with Gasteiger partial charge >= 0.3 is 0 Å². The molecule has 23 heavy (non-hydrogen) atoms. The topological polar surface area (TPSA) is 85.4 Å². The Morgan fingerprint density at radius 1 is 1.43 bits per heavy atom. The molecule has 0 unspecified atom stereocenters. The summed E-state index contributed by atoms with van der Waals surface area (Å²) in [4.78, 5) is 14.3. The summed E-state index contributed by atoms with van der Waals surface area (Å²) >= 11 is 0. The quantitative estimate of drug-likeness (QED) is 0.840. The molecule has 1 aliphatic heterocycles. The van der Waals surface area contributed by atoms with Crippen LogP contribution in [0.3, 0.4) is 0 Å². The van der Waals surface area contributed by atoms with Crippen molar-refractivity contribution in [3.05, 3.63) is 41.6 Å². The van der Waals surface area contributed by atoms with E-state index in [1.165, 1.54) is 0 Å². The number of rotatable bonds is 3. The molecule has 0 N–H and O–H groups in total. The minimum atomic E-state index is -3.18. The molecular formula is C15H19N3O4S. The van der Waals surface area contributed by atoms with Crippen LogP contribution in [-0.2, 0) is 23.3 Å². The van der Waals surface area contributed by atoms with Crippen LogP contribution in [0, 0.1) is 0 Å². The molecule has 3 rings (SSSR count). The molecule has 0 aromatic carbocycles. The van der Waals surface area contributed by atoms with Gasteiger partial charge in [0.2, 0.25) is 0 Å². The van der Waals surface area contributed by atoms with Gasteiger partial charge in [-0.2, -0.15) is 5.10 Å². The van der Waals surface area contributed by atoms with Gasteiger partial charge in [0.25, 0.3) is 5.91 Å². The maximum Gasteiger partial charge on any atom is 0.290 e. The lowest BCUT2D eigenvalue weighted by atomic mass is 10.1. The predicted octanol–water partition coefficient (Wildman–Crippen LogP) is 1.19. The van der Waals surface area contributed by atoms with Crippen molar-refractivity contribution >= 4 is 15.7 Å². The zero-order valence-corrected chi connectivity index (χ0v) is 13.9. The number of aryl methyl sites for hydroxylation is 2. The molecule has 2 aromatic rings. The second-order valence-electron chi connectivity index (χ2n) is 5.70. The summed E-state index contributed by atoms with van der Waals surface area (Å²) in [5.41, 5.74) is 0.714. The summed E-state index contributed by atoms with van der Waals surface area (Å²) in [6.07, 6.45) is 4.05. The van der Waals surface area contributed by atoms with E-state index in [1.54, 1.807) is 41.2 Å². The van der Waals surface area contributed by atoms with E-state index in [0.717, 1.165) is 5.76 Å². The second-order valence-corrected chi connectivity index (χ2v) is 7.92. The van der Waals surface area contributed by atoms with Gasteiger partial charge in [0, 0.05) is 31.8 Å². The number of furan rings is 1. The van der Waals surface area contributed by atoms with Crippen LogP contribution in [0.1, 0.15) is 34.8 Å². The summed E-state index contributed by atoms with van der Waals surface area (Å²) in [7, 11) is -1.42. The van der Waals surface area contributed by atoms with Crippen LogP contribution >= 0.6 is 0 Å². The third kappa shape index (κ3) is 3.17. The number of carbonyl (C=O) groups excluding carboxylic acids is 1. The van der Waals surface area contributed by atoms with E-state index in [9.17, 15) is 13.2 Å². The summed E-state index contributed by atoms with van der Waals surface area (Å²) in [6, 6.07) is 2.88. The fraction of sp³-hybridized carbons (Fsp3) is 0.467. The maximum atomic E-state index is 12.7. The molecule has 0 aliphatic carbocycles. The molecule has 3 heterocycles. The van der Waals surface area contributed by atoms with E-state index in [0.29, 0.717) is 12.0 Å². The molecule has 1 aliphatic rings. The first-order chi connectivity index (χ1) is 10.9. The van der Waals surface area contributed by atoms with E-state index >= 15 is 0 Å². The van der Waals surface area contributed by atoms with Crippen LogP contribution < -0.4 is 0 Å². The Kier molecular flexibility index (Phi) is 4.01. The third-order valence-electron chi connectivity index (χ3n) is 4.02. The molecule has 8 heteroatoms. The minimum Gasteiger partial charge on any atom is -0.456 e. The highest BCUT2D eigenvalue weighted by molar-refractivity contribution is 7.91. The minimum absolute atomic E-state index is 0.0309. The van der Waals surface area contributed by atoms with Crippen molar-refractivity contribution in [2.45, 2.75) is 19.4 Å². The Bertz CT molecular complexity index is 821. The van der Waals surface area contributed by atoms with Gasteiger partial charge < -0.3 is 9.32 Å². The second kappa shape index (κ2) is 5.84. The number of hydrogen-bond donors (Lipinski definition) is 0. The molecule has 1 amide bonds. The highest BCUT2D eigenvalue weighted by atomic mass is 32.2. The number of nitrogens with zero attached hydrogens (tertiary/aromatic N) is 3. The standard InChI is InChI=1S/C15H19N3O4S/c1-3-12-4-5-14(22-12)15(19)18-6-7-23(20,21)10-13(18)11-8-16-17(2)9-11/h4-5,8-9,13H,3,6-7,10H2,1-2H3/t13-/m0/s1. The predicted molar refractivity (Wildman–Crippen MR) is 83.7 cm³/mol. The van der Waals surface area contributed by atoms with Crippen molar-refractivity contribution in [3.8, 4) is 0 Å². The van der Waals surface area contributed by atoms with Gasteiger partial charge in [0.1, 0.15) is 5.76 Å². The first kappa shape index (κ1) is 15.8. The number of carbonyl (C=O) groups is 1. The molecule has 0 radical (unpaired) electrons. The molecule has 0 saturated carbocycles. The normalized spacial score (nSPS) is 20.6. The van der Waals surface area contributed by atoms with Crippen LogP contribution in [0.2, 0.25) is 0 Å². The Balaban J connectivity index is 1.93. The Morgan fingerprint density at radius 2 is 2.22 bits per heavy atom. The van der Waals surface area contributed by atoms with Crippen LogP contribution in [0.5, 0.6) is 0 Å². The summed E-state index contributed by atoms with van der Waals surface area (Å²) in [5.74, 6) is 0.571. The average molecular weight is 337 g/mol. The number of aromatic nitrogens is 2. The van der Waals surface area contributed by atoms with E-state index in [1.807, 2.05) is 6.92 Å². The van der Waals surface area contributed by atoms with Crippen molar-refractivity contribution in [3.63, 3.8) is 0 Å². The molecular weight excluding hydrogens is 318 g/mol. The Hall–Kier alpha value is -2.09. The molecule has 0 spiro atoms. The Morgan fingerprint density at radius 3 is 2.83 bits per heavy atom. The van der Waals surface area contributed by atoms with Crippen LogP contribution in [0.15, 0.2) is 28.9 Å². The summed E-state index contributed by atoms with van der Waals surface area (Å²) in [6.45, 7) is 2.10. The largest absolute Gasteiger partial charge is 0.456 e.